The maximum Gasteiger partial charge on any atom is 0.305 e. The van der Waals surface area contributed by atoms with Crippen molar-refractivity contribution in [1.82, 2.24) is 16.0 Å². The average molecular weight is 378 g/mol. The molecule has 4 N–H and O–H groups in total. The molecule has 25 heavy (non-hydrogen) atoms. The van der Waals surface area contributed by atoms with Gasteiger partial charge in [0.1, 0.15) is 12.1 Å². The van der Waals surface area contributed by atoms with Crippen LogP contribution in [0.25, 0.3) is 0 Å². The number of rotatable bonds is 10. The van der Waals surface area contributed by atoms with E-state index >= 15 is 0 Å². The molecule has 0 unspecified atom stereocenters. The summed E-state index contributed by atoms with van der Waals surface area (Å²) in [6.45, 7) is 6.11. The Hall–Kier alpha value is -2.16. The van der Waals surface area contributed by atoms with Crippen LogP contribution in [0.2, 0.25) is 0 Å². The summed E-state index contributed by atoms with van der Waals surface area (Å²) in [6.07, 6.45) is -0.613. The molecule has 3 atom stereocenters. The van der Waals surface area contributed by atoms with Crippen LogP contribution in [0, 0.1) is 5.92 Å². The molecule has 0 aliphatic heterocycles. The zero-order chi connectivity index (χ0) is 19.7. The van der Waals surface area contributed by atoms with Crippen molar-refractivity contribution in [1.29, 1.82) is 0 Å². The predicted molar refractivity (Wildman–Crippen MR) is 90.0 cm³/mol. The van der Waals surface area contributed by atoms with Gasteiger partial charge in [0.2, 0.25) is 17.7 Å². The Morgan fingerprint density at radius 3 is 1.92 bits per heavy atom. The number of Topliss-reactive ketones (excluding diaryl/α,β-unsaturated/α-hetero) is 1. The van der Waals surface area contributed by atoms with Crippen LogP contribution in [0.4, 0.5) is 0 Å². The van der Waals surface area contributed by atoms with Crippen LogP contribution < -0.4 is 16.0 Å². The molecule has 0 aliphatic rings. The van der Waals surface area contributed by atoms with E-state index in [2.05, 4.69) is 16.0 Å². The van der Waals surface area contributed by atoms with Crippen molar-refractivity contribution in [2.24, 2.45) is 5.92 Å². The van der Waals surface area contributed by atoms with Gasteiger partial charge in [0, 0.05) is 6.92 Å². The number of carboxylic acids is 1. The van der Waals surface area contributed by atoms with Crippen LogP contribution in [-0.2, 0) is 24.0 Å². The maximum absolute atomic E-state index is 12.2. The van der Waals surface area contributed by atoms with Crippen LogP contribution >= 0.6 is 11.6 Å². The molecule has 0 aliphatic carbocycles. The monoisotopic (exact) mass is 377 g/mol. The number of carboxylic acid groups (broad SMARTS) is 1. The smallest absolute Gasteiger partial charge is 0.305 e. The van der Waals surface area contributed by atoms with E-state index in [1.165, 1.54) is 13.8 Å². The van der Waals surface area contributed by atoms with Gasteiger partial charge in [-0.1, -0.05) is 13.8 Å². The Bertz CT molecular complexity index is 537. The number of hydrogen-bond donors (Lipinski definition) is 4. The van der Waals surface area contributed by atoms with E-state index in [-0.39, 0.29) is 11.8 Å². The summed E-state index contributed by atoms with van der Waals surface area (Å²) in [5.41, 5.74) is 0. The third kappa shape index (κ3) is 8.48. The lowest BCUT2D eigenvalue weighted by atomic mass is 10.0. The van der Waals surface area contributed by atoms with Crippen LogP contribution in [0.3, 0.4) is 0 Å². The van der Waals surface area contributed by atoms with Crippen LogP contribution in [0.1, 0.15) is 34.1 Å². The largest absolute Gasteiger partial charge is 0.481 e. The van der Waals surface area contributed by atoms with Gasteiger partial charge in [-0.2, -0.15) is 0 Å². The second kappa shape index (κ2) is 10.7. The Balaban J connectivity index is 4.90. The predicted octanol–water partition coefficient (Wildman–Crippen LogP) is -0.581. The van der Waals surface area contributed by atoms with Crippen molar-refractivity contribution >= 4 is 41.1 Å². The lowest BCUT2D eigenvalue weighted by molar-refractivity contribution is -0.140. The summed E-state index contributed by atoms with van der Waals surface area (Å²) >= 11 is 5.40. The fraction of sp³-hybridized carbons (Fsp3) is 0.667. The maximum atomic E-state index is 12.2. The van der Waals surface area contributed by atoms with Gasteiger partial charge in [0.15, 0.2) is 5.78 Å². The number of halogens is 1. The molecule has 9 nitrogen and oxygen atoms in total. The topological polar surface area (TPSA) is 142 Å². The fourth-order valence-electron chi connectivity index (χ4n) is 1.93. The van der Waals surface area contributed by atoms with Crippen molar-refractivity contribution in [3.63, 3.8) is 0 Å². The fourth-order valence-corrected chi connectivity index (χ4v) is 2.12. The van der Waals surface area contributed by atoms with E-state index in [9.17, 15) is 24.0 Å². The van der Waals surface area contributed by atoms with Crippen LogP contribution in [0.15, 0.2) is 0 Å². The quantitative estimate of drug-likeness (QED) is 0.375. The van der Waals surface area contributed by atoms with Crippen molar-refractivity contribution in [2.45, 2.75) is 52.2 Å². The molecule has 0 rings (SSSR count). The van der Waals surface area contributed by atoms with Gasteiger partial charge in [-0.15, -0.1) is 11.6 Å². The van der Waals surface area contributed by atoms with Crippen LogP contribution in [0.5, 0.6) is 0 Å². The number of amides is 3. The Morgan fingerprint density at radius 2 is 1.52 bits per heavy atom. The summed E-state index contributed by atoms with van der Waals surface area (Å²) in [5.74, 6) is -4.26. The Kier molecular flexibility index (Phi) is 9.73. The van der Waals surface area contributed by atoms with Crippen molar-refractivity contribution in [3.05, 3.63) is 0 Å². The molecule has 0 aromatic rings. The number of carbonyl (C=O) groups is 5. The minimum absolute atomic E-state index is 0.211. The first-order valence-corrected chi connectivity index (χ1v) is 8.21. The number of ketones is 1. The van der Waals surface area contributed by atoms with Crippen molar-refractivity contribution in [2.75, 3.05) is 5.88 Å². The number of carbonyl (C=O) groups excluding carboxylic acids is 4. The number of aliphatic carboxylic acids is 1. The second-order valence-corrected chi connectivity index (χ2v) is 6.18. The third-order valence-corrected chi connectivity index (χ3v) is 3.54. The number of alkyl halides is 1. The van der Waals surface area contributed by atoms with Gasteiger partial charge in [0.05, 0.1) is 18.3 Å². The van der Waals surface area contributed by atoms with E-state index in [1.54, 1.807) is 13.8 Å². The summed E-state index contributed by atoms with van der Waals surface area (Å²) in [6, 6.07) is -3.15. The molecule has 0 radical (unpaired) electrons. The van der Waals surface area contributed by atoms with Gasteiger partial charge < -0.3 is 21.1 Å². The molecular formula is C15H24ClN3O6. The molecule has 10 heteroatoms. The minimum atomic E-state index is -1.28. The molecule has 3 amide bonds. The second-order valence-electron chi connectivity index (χ2n) is 5.91. The Morgan fingerprint density at radius 1 is 0.960 bits per heavy atom. The summed E-state index contributed by atoms with van der Waals surface area (Å²) in [7, 11) is 0. The molecular weight excluding hydrogens is 354 g/mol. The van der Waals surface area contributed by atoms with Gasteiger partial charge >= 0.3 is 5.97 Å². The minimum Gasteiger partial charge on any atom is -0.481 e. The molecule has 0 aromatic carbocycles. The molecule has 0 bridgehead atoms. The van der Waals surface area contributed by atoms with Gasteiger partial charge in [-0.05, 0) is 12.8 Å². The molecule has 0 heterocycles. The summed E-state index contributed by atoms with van der Waals surface area (Å²) < 4.78 is 0. The highest BCUT2D eigenvalue weighted by Gasteiger charge is 2.28. The highest BCUT2D eigenvalue weighted by Crippen LogP contribution is 2.03. The van der Waals surface area contributed by atoms with E-state index in [0.29, 0.717) is 0 Å². The number of hydrogen-bond acceptors (Lipinski definition) is 5. The lowest BCUT2D eigenvalue weighted by Gasteiger charge is -2.24. The highest BCUT2D eigenvalue weighted by molar-refractivity contribution is 6.28. The molecule has 0 aromatic heterocycles. The zero-order valence-corrected chi connectivity index (χ0v) is 15.3. The lowest BCUT2D eigenvalue weighted by Crippen LogP contribution is -2.56. The van der Waals surface area contributed by atoms with E-state index < -0.39 is 54.0 Å². The summed E-state index contributed by atoms with van der Waals surface area (Å²) in [5, 5.41) is 16.0. The SMILES string of the molecule is CC(=O)N[C@H](C(=O)N[C@@H](C)C(=O)N[C@@H](CC(=O)O)C(=O)CCl)C(C)C. The van der Waals surface area contributed by atoms with E-state index in [4.69, 9.17) is 16.7 Å². The summed E-state index contributed by atoms with van der Waals surface area (Å²) in [4.78, 5) is 57.8. The first-order valence-electron chi connectivity index (χ1n) is 7.67. The highest BCUT2D eigenvalue weighted by atomic mass is 35.5. The van der Waals surface area contributed by atoms with Crippen LogP contribution in [-0.4, -0.2) is 58.6 Å². The Labute approximate surface area is 150 Å². The van der Waals surface area contributed by atoms with Gasteiger partial charge in [-0.25, -0.2) is 0 Å². The van der Waals surface area contributed by atoms with Gasteiger partial charge in [-0.3, -0.25) is 24.0 Å². The molecule has 142 valence electrons. The standard InChI is InChI=1S/C15H24ClN3O6/c1-7(2)13(18-9(4)20)15(25)17-8(3)14(24)19-10(5-12(22)23)11(21)6-16/h7-8,10,13H,5-6H2,1-4H3,(H,17,25)(H,18,20)(H,19,24)(H,22,23)/t8-,10-,13-/m0/s1. The van der Waals surface area contributed by atoms with E-state index in [0.717, 1.165) is 0 Å². The first kappa shape index (κ1) is 22.8. The normalized spacial score (nSPS) is 14.2. The number of nitrogens with one attached hydrogen (secondary N) is 3. The zero-order valence-electron chi connectivity index (χ0n) is 14.6. The van der Waals surface area contributed by atoms with Crippen molar-refractivity contribution < 1.29 is 29.1 Å². The van der Waals surface area contributed by atoms with Crippen molar-refractivity contribution in [3.8, 4) is 0 Å². The molecule has 0 saturated carbocycles. The molecule has 0 saturated heterocycles. The third-order valence-electron chi connectivity index (χ3n) is 3.28. The average Bonchev–Trinajstić information content (AvgIpc) is 2.49. The van der Waals surface area contributed by atoms with E-state index in [1.807, 2.05) is 0 Å². The molecule has 0 spiro atoms. The first-order chi connectivity index (χ1) is 11.5. The molecule has 0 fully saturated rings. The van der Waals surface area contributed by atoms with Gasteiger partial charge in [0.25, 0.3) is 0 Å².